The second-order valence-corrected chi connectivity index (χ2v) is 5.93. The van der Waals surface area contributed by atoms with E-state index in [1.54, 1.807) is 35.5 Å². The molecule has 4 nitrogen and oxygen atoms in total. The molecule has 0 unspecified atom stereocenters. The summed E-state index contributed by atoms with van der Waals surface area (Å²) in [6.45, 7) is 0. The monoisotopic (exact) mass is 284 g/mol. The molecule has 19 heavy (non-hydrogen) atoms. The van der Waals surface area contributed by atoms with Gasteiger partial charge in [0, 0.05) is 23.5 Å². The fourth-order valence-electron chi connectivity index (χ4n) is 1.95. The zero-order valence-corrected chi connectivity index (χ0v) is 11.3. The largest absolute Gasteiger partial charge is 0.337 e. The average Bonchev–Trinajstić information content (AvgIpc) is 2.98. The molecule has 1 aliphatic heterocycles. The summed E-state index contributed by atoms with van der Waals surface area (Å²) in [5.41, 5.74) is 4.09. The van der Waals surface area contributed by atoms with E-state index in [-0.39, 0.29) is 0 Å². The lowest BCUT2D eigenvalue weighted by atomic mass is 10.2. The smallest absolute Gasteiger partial charge is 0.163 e. The molecule has 3 aromatic rings. The average molecular weight is 284 g/mol. The van der Waals surface area contributed by atoms with Gasteiger partial charge >= 0.3 is 0 Å². The molecule has 1 aromatic carbocycles. The quantitative estimate of drug-likeness (QED) is 0.576. The van der Waals surface area contributed by atoms with E-state index in [1.807, 2.05) is 11.7 Å². The van der Waals surface area contributed by atoms with Crippen LogP contribution in [0, 0.1) is 0 Å². The van der Waals surface area contributed by atoms with Crippen LogP contribution in [0.1, 0.15) is 0 Å². The Morgan fingerprint density at radius 1 is 1.11 bits per heavy atom. The molecule has 0 amide bonds. The van der Waals surface area contributed by atoms with Gasteiger partial charge in [-0.1, -0.05) is 17.8 Å². The lowest BCUT2D eigenvalue weighted by Crippen LogP contribution is -2.03. The predicted octanol–water partition coefficient (Wildman–Crippen LogP) is 3.81. The third-order valence-electron chi connectivity index (χ3n) is 2.82. The van der Waals surface area contributed by atoms with E-state index in [0.29, 0.717) is 0 Å². The topological polar surface area (TPSA) is 50.7 Å². The number of fused-ring (bicyclic) bond motifs is 2. The first kappa shape index (κ1) is 11.0. The minimum absolute atomic E-state index is 0.821. The van der Waals surface area contributed by atoms with Crippen LogP contribution in [0.5, 0.6) is 0 Å². The van der Waals surface area contributed by atoms with Gasteiger partial charge in [-0.2, -0.15) is 0 Å². The van der Waals surface area contributed by atoms with Crippen molar-refractivity contribution in [2.75, 3.05) is 5.32 Å². The first-order valence-corrected chi connectivity index (χ1v) is 7.38. The van der Waals surface area contributed by atoms with Crippen LogP contribution in [0.2, 0.25) is 0 Å². The Labute approximate surface area is 118 Å². The number of hydrogen-bond donors (Lipinski definition) is 1. The van der Waals surface area contributed by atoms with Crippen LogP contribution in [-0.4, -0.2) is 15.0 Å². The van der Waals surface area contributed by atoms with E-state index in [4.69, 9.17) is 0 Å². The summed E-state index contributed by atoms with van der Waals surface area (Å²) in [6, 6.07) is 6.36. The van der Waals surface area contributed by atoms with E-state index in [2.05, 4.69) is 38.5 Å². The Morgan fingerprint density at radius 2 is 2.05 bits per heavy atom. The molecule has 1 aliphatic rings. The molecule has 3 heterocycles. The van der Waals surface area contributed by atoms with Gasteiger partial charge in [0.15, 0.2) is 5.82 Å². The SMILES string of the molecule is c1cnc2c(n1)Nc1cc(-c3cncs3)ccc1S2. The van der Waals surface area contributed by atoms with Crippen molar-refractivity contribution in [2.45, 2.75) is 9.92 Å². The molecule has 0 bridgehead atoms. The van der Waals surface area contributed by atoms with Crippen molar-refractivity contribution in [3.8, 4) is 10.4 Å². The molecule has 0 atom stereocenters. The van der Waals surface area contributed by atoms with Crippen LogP contribution in [0.4, 0.5) is 11.5 Å². The summed E-state index contributed by atoms with van der Waals surface area (Å²) >= 11 is 3.28. The molecule has 0 saturated heterocycles. The summed E-state index contributed by atoms with van der Waals surface area (Å²) in [7, 11) is 0. The number of benzene rings is 1. The fourth-order valence-corrected chi connectivity index (χ4v) is 3.44. The van der Waals surface area contributed by atoms with Crippen molar-refractivity contribution < 1.29 is 0 Å². The lowest BCUT2D eigenvalue weighted by molar-refractivity contribution is 1.05. The van der Waals surface area contributed by atoms with Gasteiger partial charge in [-0.3, -0.25) is 4.98 Å². The third-order valence-corrected chi connectivity index (χ3v) is 4.71. The number of thiazole rings is 1. The van der Waals surface area contributed by atoms with Gasteiger partial charge in [-0.25, -0.2) is 9.97 Å². The van der Waals surface area contributed by atoms with Crippen molar-refractivity contribution in [1.82, 2.24) is 15.0 Å². The van der Waals surface area contributed by atoms with Gasteiger partial charge < -0.3 is 5.32 Å². The normalized spacial score (nSPS) is 12.4. The Kier molecular flexibility index (Phi) is 2.49. The van der Waals surface area contributed by atoms with Crippen LogP contribution in [0.25, 0.3) is 10.4 Å². The molecule has 92 valence electrons. The van der Waals surface area contributed by atoms with E-state index in [1.165, 1.54) is 15.3 Å². The summed E-state index contributed by atoms with van der Waals surface area (Å²) in [6.07, 6.45) is 5.30. The lowest BCUT2D eigenvalue weighted by Gasteiger charge is -2.19. The van der Waals surface area contributed by atoms with Crippen LogP contribution >= 0.6 is 23.1 Å². The maximum absolute atomic E-state index is 4.32. The first-order valence-electron chi connectivity index (χ1n) is 5.69. The minimum atomic E-state index is 0.821. The predicted molar refractivity (Wildman–Crippen MR) is 77.0 cm³/mol. The standard InChI is InChI=1S/C13H8N4S2/c1-2-10-9(5-8(1)11-6-14-7-18-11)17-12-13(19-10)16-4-3-15-12/h1-7H,(H,15,17). The van der Waals surface area contributed by atoms with E-state index < -0.39 is 0 Å². The van der Waals surface area contributed by atoms with Gasteiger partial charge in [0.1, 0.15) is 5.03 Å². The van der Waals surface area contributed by atoms with Crippen molar-refractivity contribution in [3.05, 3.63) is 42.3 Å². The second kappa shape index (κ2) is 4.32. The van der Waals surface area contributed by atoms with Crippen molar-refractivity contribution in [3.63, 3.8) is 0 Å². The van der Waals surface area contributed by atoms with Crippen molar-refractivity contribution in [2.24, 2.45) is 0 Å². The molecule has 0 spiro atoms. The highest BCUT2D eigenvalue weighted by Gasteiger charge is 2.18. The molecule has 0 saturated carbocycles. The Morgan fingerprint density at radius 3 is 2.95 bits per heavy atom. The Hall–Kier alpha value is -1.92. The molecule has 1 N–H and O–H groups in total. The van der Waals surface area contributed by atoms with Gasteiger partial charge in [0.25, 0.3) is 0 Å². The number of nitrogens with zero attached hydrogens (tertiary/aromatic N) is 3. The number of rotatable bonds is 1. The van der Waals surface area contributed by atoms with Gasteiger partial charge in [0.2, 0.25) is 0 Å². The number of anilines is 2. The van der Waals surface area contributed by atoms with Crippen molar-refractivity contribution in [1.29, 1.82) is 0 Å². The Balaban J connectivity index is 1.78. The molecule has 0 aliphatic carbocycles. The van der Waals surface area contributed by atoms with Gasteiger partial charge in [0.05, 0.1) is 16.1 Å². The maximum Gasteiger partial charge on any atom is 0.163 e. The highest BCUT2D eigenvalue weighted by atomic mass is 32.2. The molecule has 6 heteroatoms. The molecule has 0 fully saturated rings. The maximum atomic E-state index is 4.32. The molecule has 0 radical (unpaired) electrons. The highest BCUT2D eigenvalue weighted by Crippen LogP contribution is 2.43. The molecule has 4 rings (SSSR count). The van der Waals surface area contributed by atoms with E-state index in [9.17, 15) is 0 Å². The second-order valence-electron chi connectivity index (χ2n) is 4.01. The fraction of sp³-hybridized carbons (Fsp3) is 0. The Bertz CT molecular complexity index is 740. The first-order chi connectivity index (χ1) is 9.40. The van der Waals surface area contributed by atoms with Gasteiger partial charge in [-0.15, -0.1) is 11.3 Å². The van der Waals surface area contributed by atoms with Crippen LogP contribution in [0.15, 0.2) is 52.2 Å². The molecular formula is C13H8N4S2. The molecule has 2 aromatic heterocycles. The summed E-state index contributed by atoms with van der Waals surface area (Å²) in [5.74, 6) is 0.821. The zero-order chi connectivity index (χ0) is 12.7. The van der Waals surface area contributed by atoms with Crippen molar-refractivity contribution >= 4 is 34.6 Å². The van der Waals surface area contributed by atoms with Crippen LogP contribution in [-0.2, 0) is 0 Å². The van der Waals surface area contributed by atoms with E-state index >= 15 is 0 Å². The number of nitrogens with one attached hydrogen (secondary N) is 1. The number of hydrogen-bond acceptors (Lipinski definition) is 6. The minimum Gasteiger partial charge on any atom is -0.337 e. The highest BCUT2D eigenvalue weighted by molar-refractivity contribution is 7.99. The molecular weight excluding hydrogens is 276 g/mol. The third kappa shape index (κ3) is 1.89. The van der Waals surface area contributed by atoms with Crippen LogP contribution < -0.4 is 5.32 Å². The number of aromatic nitrogens is 3. The summed E-state index contributed by atoms with van der Waals surface area (Å²) in [5, 5.41) is 4.25. The zero-order valence-electron chi connectivity index (χ0n) is 9.70. The van der Waals surface area contributed by atoms with Gasteiger partial charge in [-0.05, 0) is 17.7 Å². The van der Waals surface area contributed by atoms with E-state index in [0.717, 1.165) is 16.5 Å². The summed E-state index contributed by atoms with van der Waals surface area (Å²) < 4.78 is 0. The van der Waals surface area contributed by atoms with Crippen LogP contribution in [0.3, 0.4) is 0 Å². The summed E-state index contributed by atoms with van der Waals surface area (Å²) in [4.78, 5) is 15.1.